The van der Waals surface area contributed by atoms with Crippen LogP contribution in [-0.2, 0) is 9.59 Å². The lowest BCUT2D eigenvalue weighted by Crippen LogP contribution is -2.38. The number of aryl methyl sites for hydroxylation is 2. The highest BCUT2D eigenvalue weighted by Crippen LogP contribution is 2.42. The number of ketones is 1. The standard InChI is InChI=1S/C32H42N4O5/c1-8-34(9-2)16-17-36-28(23-12-13-24(25(19-23)40-7)41-18-14-20(3)4)26(30(38)32(36)39)29(37)27-22(6)35-15-10-11-21(5)31(35)33-27/h10-13,15,19-20,28,37H,8-9,14,16-18H2,1-7H3/b29-26+. The molecule has 1 N–H and O–H groups in total. The third-order valence-corrected chi connectivity index (χ3v) is 7.86. The summed E-state index contributed by atoms with van der Waals surface area (Å²) in [6.45, 7) is 15.3. The van der Waals surface area contributed by atoms with Gasteiger partial charge in [0.1, 0.15) is 11.3 Å². The molecule has 1 aliphatic rings. The van der Waals surface area contributed by atoms with Gasteiger partial charge < -0.3 is 28.8 Å². The fraction of sp³-hybridized carbons (Fsp3) is 0.469. The lowest BCUT2D eigenvalue weighted by Gasteiger charge is -2.28. The largest absolute Gasteiger partial charge is 0.505 e. The molecule has 0 radical (unpaired) electrons. The number of imidazole rings is 1. The topological polar surface area (TPSA) is 96.6 Å². The number of pyridine rings is 1. The summed E-state index contributed by atoms with van der Waals surface area (Å²) in [5.74, 6) is -0.0639. The maximum Gasteiger partial charge on any atom is 0.295 e. The molecule has 220 valence electrons. The molecule has 1 atom stereocenters. The van der Waals surface area contributed by atoms with E-state index in [0.29, 0.717) is 54.0 Å². The van der Waals surface area contributed by atoms with Gasteiger partial charge >= 0.3 is 0 Å². The number of aliphatic hydroxyl groups excluding tert-OH is 1. The Bertz CT molecular complexity index is 1450. The van der Waals surface area contributed by atoms with Crippen LogP contribution in [0.25, 0.3) is 11.4 Å². The van der Waals surface area contributed by atoms with Gasteiger partial charge in [-0.15, -0.1) is 0 Å². The average Bonchev–Trinajstić information content (AvgIpc) is 3.43. The van der Waals surface area contributed by atoms with Gasteiger partial charge in [-0.1, -0.05) is 39.8 Å². The van der Waals surface area contributed by atoms with Crippen LogP contribution in [0.1, 0.15) is 62.7 Å². The molecule has 0 aliphatic carbocycles. The molecule has 1 aliphatic heterocycles. The predicted octanol–water partition coefficient (Wildman–Crippen LogP) is 5.15. The molecule has 1 amide bonds. The van der Waals surface area contributed by atoms with Gasteiger partial charge in [0.15, 0.2) is 17.3 Å². The Kier molecular flexibility index (Phi) is 9.38. The van der Waals surface area contributed by atoms with Crippen molar-refractivity contribution in [2.45, 2.75) is 54.0 Å². The van der Waals surface area contributed by atoms with Crippen molar-refractivity contribution in [2.24, 2.45) is 5.92 Å². The third kappa shape index (κ3) is 5.95. The van der Waals surface area contributed by atoms with Crippen LogP contribution in [0.15, 0.2) is 42.1 Å². The molecule has 0 spiro atoms. The van der Waals surface area contributed by atoms with Gasteiger partial charge in [-0.3, -0.25) is 9.59 Å². The Labute approximate surface area is 242 Å². The number of benzene rings is 1. The maximum absolute atomic E-state index is 13.6. The highest BCUT2D eigenvalue weighted by atomic mass is 16.5. The molecule has 1 saturated heterocycles. The van der Waals surface area contributed by atoms with Crippen LogP contribution in [0.5, 0.6) is 11.5 Å². The van der Waals surface area contributed by atoms with Crippen molar-refractivity contribution in [3.63, 3.8) is 0 Å². The summed E-state index contributed by atoms with van der Waals surface area (Å²) in [5.41, 5.74) is 3.25. The van der Waals surface area contributed by atoms with Gasteiger partial charge in [0.2, 0.25) is 0 Å². The van der Waals surface area contributed by atoms with E-state index in [1.165, 1.54) is 0 Å². The number of ether oxygens (including phenoxy) is 2. The number of Topliss-reactive ketones (excluding diaryl/α,β-unsaturated/α-hetero) is 1. The number of aromatic nitrogens is 2. The van der Waals surface area contributed by atoms with Gasteiger partial charge in [0.05, 0.1) is 31.0 Å². The first-order chi connectivity index (χ1) is 19.6. The summed E-state index contributed by atoms with van der Waals surface area (Å²) in [6, 6.07) is 8.47. The van der Waals surface area contributed by atoms with Gasteiger partial charge in [0.25, 0.3) is 11.7 Å². The molecule has 1 aromatic carbocycles. The molecule has 1 unspecified atom stereocenters. The summed E-state index contributed by atoms with van der Waals surface area (Å²) in [6.07, 6.45) is 2.76. The number of carbonyl (C=O) groups is 2. The third-order valence-electron chi connectivity index (χ3n) is 7.86. The summed E-state index contributed by atoms with van der Waals surface area (Å²) >= 11 is 0. The molecule has 0 bridgehead atoms. The van der Waals surface area contributed by atoms with Crippen molar-refractivity contribution in [1.82, 2.24) is 19.2 Å². The van der Waals surface area contributed by atoms with E-state index in [1.54, 1.807) is 24.1 Å². The normalized spacial score (nSPS) is 16.9. The second kappa shape index (κ2) is 12.8. The number of rotatable bonds is 12. The van der Waals surface area contributed by atoms with Crippen LogP contribution in [0, 0.1) is 19.8 Å². The first-order valence-electron chi connectivity index (χ1n) is 14.4. The Balaban J connectivity index is 1.84. The summed E-state index contributed by atoms with van der Waals surface area (Å²) < 4.78 is 13.5. The minimum Gasteiger partial charge on any atom is -0.505 e. The highest BCUT2D eigenvalue weighted by molar-refractivity contribution is 6.46. The van der Waals surface area contributed by atoms with E-state index in [-0.39, 0.29) is 17.0 Å². The molecule has 4 rings (SSSR count). The minimum absolute atomic E-state index is 0.0224. The zero-order valence-corrected chi connectivity index (χ0v) is 25.2. The van der Waals surface area contributed by atoms with E-state index in [9.17, 15) is 14.7 Å². The van der Waals surface area contributed by atoms with E-state index in [4.69, 9.17) is 9.47 Å². The number of amides is 1. The number of likely N-dealkylation sites (tertiary alicyclic amines) is 1. The quantitative estimate of drug-likeness (QED) is 0.185. The Morgan fingerprint density at radius 1 is 1.12 bits per heavy atom. The number of fused-ring (bicyclic) bond motifs is 1. The maximum atomic E-state index is 13.6. The molecular formula is C32H42N4O5. The summed E-state index contributed by atoms with van der Waals surface area (Å²) in [5, 5.41) is 11.7. The van der Waals surface area contributed by atoms with E-state index in [1.807, 2.05) is 42.6 Å². The molecule has 3 heterocycles. The van der Waals surface area contributed by atoms with Crippen LogP contribution in [0.2, 0.25) is 0 Å². The molecule has 3 aromatic rings. The number of likely N-dealkylation sites (N-methyl/N-ethyl adjacent to an activating group) is 1. The zero-order valence-electron chi connectivity index (χ0n) is 25.2. The monoisotopic (exact) mass is 562 g/mol. The second-order valence-electron chi connectivity index (χ2n) is 10.9. The molecule has 41 heavy (non-hydrogen) atoms. The molecule has 2 aromatic heterocycles. The van der Waals surface area contributed by atoms with Crippen molar-refractivity contribution in [3.8, 4) is 11.5 Å². The highest BCUT2D eigenvalue weighted by Gasteiger charge is 2.46. The van der Waals surface area contributed by atoms with Crippen LogP contribution in [-0.4, -0.2) is 75.9 Å². The smallest absolute Gasteiger partial charge is 0.295 e. The van der Waals surface area contributed by atoms with E-state index < -0.39 is 17.7 Å². The summed E-state index contributed by atoms with van der Waals surface area (Å²) in [4.78, 5) is 35.5. The number of hydrogen-bond donors (Lipinski definition) is 1. The van der Waals surface area contributed by atoms with Crippen molar-refractivity contribution in [2.75, 3.05) is 39.9 Å². The van der Waals surface area contributed by atoms with E-state index in [0.717, 1.165) is 25.1 Å². The Hall–Kier alpha value is -3.85. The van der Waals surface area contributed by atoms with Crippen molar-refractivity contribution >= 4 is 23.1 Å². The van der Waals surface area contributed by atoms with E-state index in [2.05, 4.69) is 37.6 Å². The molecule has 1 fully saturated rings. The Morgan fingerprint density at radius 3 is 2.49 bits per heavy atom. The van der Waals surface area contributed by atoms with Crippen molar-refractivity contribution < 1.29 is 24.2 Å². The number of methoxy groups -OCH3 is 1. The fourth-order valence-electron chi connectivity index (χ4n) is 5.30. The van der Waals surface area contributed by atoms with Crippen molar-refractivity contribution in [3.05, 3.63) is 64.6 Å². The number of aliphatic hydroxyl groups is 1. The SMILES string of the molecule is CCN(CC)CCN1C(=O)C(=O)/C(=C(/O)c2nc3c(C)cccn3c2C)C1c1ccc(OCCC(C)C)c(OC)c1. The lowest BCUT2D eigenvalue weighted by atomic mass is 9.96. The van der Waals surface area contributed by atoms with Gasteiger partial charge in [-0.2, -0.15) is 0 Å². The van der Waals surface area contributed by atoms with Crippen molar-refractivity contribution in [1.29, 1.82) is 0 Å². The minimum atomic E-state index is -0.811. The zero-order chi connectivity index (χ0) is 29.8. The molecule has 0 saturated carbocycles. The average molecular weight is 563 g/mol. The van der Waals surface area contributed by atoms with Crippen LogP contribution >= 0.6 is 0 Å². The number of nitrogens with zero attached hydrogens (tertiary/aromatic N) is 4. The summed E-state index contributed by atoms with van der Waals surface area (Å²) in [7, 11) is 1.56. The van der Waals surface area contributed by atoms with Crippen LogP contribution < -0.4 is 9.47 Å². The van der Waals surface area contributed by atoms with Gasteiger partial charge in [-0.25, -0.2) is 4.98 Å². The van der Waals surface area contributed by atoms with Gasteiger partial charge in [0, 0.05) is 19.3 Å². The van der Waals surface area contributed by atoms with Crippen LogP contribution in [0.3, 0.4) is 0 Å². The molecule has 9 nitrogen and oxygen atoms in total. The Morgan fingerprint density at radius 2 is 1.85 bits per heavy atom. The van der Waals surface area contributed by atoms with E-state index >= 15 is 0 Å². The number of carbonyl (C=O) groups excluding carboxylic acids is 2. The molecule has 9 heteroatoms. The first-order valence-corrected chi connectivity index (χ1v) is 14.4. The molecular weight excluding hydrogens is 520 g/mol. The first kappa shape index (κ1) is 30.1. The van der Waals surface area contributed by atoms with Gasteiger partial charge in [-0.05, 0) is 68.6 Å². The second-order valence-corrected chi connectivity index (χ2v) is 10.9. The number of hydrogen-bond acceptors (Lipinski definition) is 7. The fourth-order valence-corrected chi connectivity index (χ4v) is 5.30. The lowest BCUT2D eigenvalue weighted by molar-refractivity contribution is -0.140. The van der Waals surface area contributed by atoms with Crippen LogP contribution in [0.4, 0.5) is 0 Å². The predicted molar refractivity (Wildman–Crippen MR) is 159 cm³/mol.